The maximum atomic E-state index is 11.6. The van der Waals surface area contributed by atoms with E-state index >= 15 is 0 Å². The van der Waals surface area contributed by atoms with E-state index in [0.717, 1.165) is 25.7 Å². The molecule has 1 atom stereocenters. The molecule has 0 aliphatic heterocycles. The lowest BCUT2D eigenvalue weighted by molar-refractivity contribution is -0.151. The molecule has 0 aromatic carbocycles. The SMILES string of the molecule is CCCCCCCCC/C=C/CCCCCCCCCC(CC(=O)OCCC)C(=O)O. The third-order valence-corrected chi connectivity index (χ3v) is 5.79. The molecule has 0 radical (unpaired) electrons. The van der Waals surface area contributed by atoms with Crippen LogP contribution in [0.15, 0.2) is 12.2 Å². The molecule has 0 heterocycles. The fraction of sp³-hybridized carbons (Fsp3) is 0.852. The van der Waals surface area contributed by atoms with Crippen molar-refractivity contribution in [2.45, 2.75) is 136 Å². The van der Waals surface area contributed by atoms with Gasteiger partial charge in [0.15, 0.2) is 0 Å². The summed E-state index contributed by atoms with van der Waals surface area (Å²) in [7, 11) is 0. The second kappa shape index (κ2) is 23.3. The van der Waals surface area contributed by atoms with Crippen molar-refractivity contribution in [3.8, 4) is 0 Å². The van der Waals surface area contributed by atoms with Crippen LogP contribution >= 0.6 is 0 Å². The highest BCUT2D eigenvalue weighted by atomic mass is 16.5. The van der Waals surface area contributed by atoms with Crippen molar-refractivity contribution in [1.29, 1.82) is 0 Å². The first-order valence-corrected chi connectivity index (χ1v) is 13.1. The first-order chi connectivity index (χ1) is 15.1. The van der Waals surface area contributed by atoms with E-state index in [1.807, 2.05) is 6.92 Å². The lowest BCUT2D eigenvalue weighted by atomic mass is 9.97. The molecule has 0 amide bonds. The zero-order valence-electron chi connectivity index (χ0n) is 20.5. The molecule has 1 unspecified atom stereocenters. The van der Waals surface area contributed by atoms with E-state index in [1.165, 1.54) is 83.5 Å². The van der Waals surface area contributed by atoms with Crippen molar-refractivity contribution in [2.75, 3.05) is 6.61 Å². The summed E-state index contributed by atoms with van der Waals surface area (Å²) in [6, 6.07) is 0. The average molecular weight is 439 g/mol. The minimum atomic E-state index is -0.881. The third-order valence-electron chi connectivity index (χ3n) is 5.79. The van der Waals surface area contributed by atoms with Crippen LogP contribution < -0.4 is 0 Å². The van der Waals surface area contributed by atoms with E-state index in [0.29, 0.717) is 13.0 Å². The highest BCUT2D eigenvalue weighted by Gasteiger charge is 2.21. The Bertz CT molecular complexity index is 445. The van der Waals surface area contributed by atoms with Gasteiger partial charge in [-0.3, -0.25) is 9.59 Å². The van der Waals surface area contributed by atoms with Gasteiger partial charge >= 0.3 is 11.9 Å². The van der Waals surface area contributed by atoms with Gasteiger partial charge in [0.25, 0.3) is 0 Å². The molecule has 0 aromatic heterocycles. The number of allylic oxidation sites excluding steroid dienone is 2. The van der Waals surface area contributed by atoms with E-state index in [2.05, 4.69) is 19.1 Å². The van der Waals surface area contributed by atoms with Gasteiger partial charge in [-0.15, -0.1) is 0 Å². The Morgan fingerprint density at radius 1 is 0.710 bits per heavy atom. The second-order valence-electron chi connectivity index (χ2n) is 8.89. The van der Waals surface area contributed by atoms with Gasteiger partial charge in [-0.1, -0.05) is 103 Å². The second-order valence-corrected chi connectivity index (χ2v) is 8.89. The summed E-state index contributed by atoms with van der Waals surface area (Å²) >= 11 is 0. The van der Waals surface area contributed by atoms with Gasteiger partial charge in [-0.05, 0) is 38.5 Å². The number of carboxylic acid groups (broad SMARTS) is 1. The first kappa shape index (κ1) is 29.7. The Hall–Kier alpha value is -1.32. The number of rotatable bonds is 23. The molecule has 4 heteroatoms. The molecule has 0 spiro atoms. The number of hydrogen-bond donors (Lipinski definition) is 1. The molecular formula is C27H50O4. The van der Waals surface area contributed by atoms with Crippen molar-refractivity contribution in [1.82, 2.24) is 0 Å². The van der Waals surface area contributed by atoms with Gasteiger partial charge in [-0.25, -0.2) is 0 Å². The predicted molar refractivity (Wildman–Crippen MR) is 130 cm³/mol. The predicted octanol–water partition coefficient (Wildman–Crippen LogP) is 8.24. The van der Waals surface area contributed by atoms with Crippen molar-refractivity contribution in [3.05, 3.63) is 12.2 Å². The number of esters is 1. The number of carbonyl (C=O) groups is 2. The highest BCUT2D eigenvalue weighted by Crippen LogP contribution is 2.17. The lowest BCUT2D eigenvalue weighted by Crippen LogP contribution is -2.19. The molecule has 0 aromatic rings. The quantitative estimate of drug-likeness (QED) is 0.0991. The molecule has 0 aliphatic rings. The van der Waals surface area contributed by atoms with Crippen LogP contribution in [0.3, 0.4) is 0 Å². The minimum Gasteiger partial charge on any atom is -0.481 e. The van der Waals surface area contributed by atoms with Crippen molar-refractivity contribution in [2.24, 2.45) is 5.92 Å². The maximum Gasteiger partial charge on any atom is 0.307 e. The monoisotopic (exact) mass is 438 g/mol. The van der Waals surface area contributed by atoms with Crippen LogP contribution in [0.4, 0.5) is 0 Å². The van der Waals surface area contributed by atoms with Crippen LogP contribution in [0.1, 0.15) is 136 Å². The topological polar surface area (TPSA) is 63.6 Å². The molecule has 0 fully saturated rings. The Morgan fingerprint density at radius 3 is 1.68 bits per heavy atom. The zero-order chi connectivity index (χ0) is 23.0. The van der Waals surface area contributed by atoms with Gasteiger partial charge < -0.3 is 9.84 Å². The van der Waals surface area contributed by atoms with Crippen LogP contribution in [-0.2, 0) is 14.3 Å². The molecule has 0 bridgehead atoms. The van der Waals surface area contributed by atoms with Crippen LogP contribution in [0.25, 0.3) is 0 Å². The van der Waals surface area contributed by atoms with Gasteiger partial charge in [0.1, 0.15) is 0 Å². The molecule has 31 heavy (non-hydrogen) atoms. The van der Waals surface area contributed by atoms with Gasteiger partial charge in [-0.2, -0.15) is 0 Å². The maximum absolute atomic E-state index is 11.6. The van der Waals surface area contributed by atoms with Gasteiger partial charge in [0, 0.05) is 0 Å². The summed E-state index contributed by atoms with van der Waals surface area (Å²) in [6.45, 7) is 4.57. The summed E-state index contributed by atoms with van der Waals surface area (Å²) in [4.78, 5) is 22.9. The molecule has 182 valence electrons. The van der Waals surface area contributed by atoms with Crippen molar-refractivity contribution in [3.63, 3.8) is 0 Å². The normalized spacial score (nSPS) is 12.3. The molecule has 4 nitrogen and oxygen atoms in total. The molecule has 1 N–H and O–H groups in total. The smallest absolute Gasteiger partial charge is 0.307 e. The molecule has 0 saturated carbocycles. The van der Waals surface area contributed by atoms with E-state index < -0.39 is 11.9 Å². The van der Waals surface area contributed by atoms with E-state index in [9.17, 15) is 14.7 Å². The summed E-state index contributed by atoms with van der Waals surface area (Å²) in [6.07, 6.45) is 26.3. The Kier molecular flexibility index (Phi) is 22.4. The Morgan fingerprint density at radius 2 is 1.19 bits per heavy atom. The minimum absolute atomic E-state index is 0.00180. The summed E-state index contributed by atoms with van der Waals surface area (Å²) in [5.41, 5.74) is 0. The number of carboxylic acids is 1. The fourth-order valence-electron chi connectivity index (χ4n) is 3.78. The van der Waals surface area contributed by atoms with Crippen molar-refractivity contribution < 1.29 is 19.4 Å². The number of carbonyl (C=O) groups excluding carboxylic acids is 1. The standard InChI is InChI=1S/C27H50O4/c1-3-5-6-7-8-9-10-11-12-13-14-15-16-17-18-19-20-21-22-25(27(29)30)24-26(28)31-23-4-2/h12-13,25H,3-11,14-24H2,1-2H3,(H,29,30)/b13-12+. The first-order valence-electron chi connectivity index (χ1n) is 13.1. The molecular weight excluding hydrogens is 388 g/mol. The van der Waals surface area contributed by atoms with E-state index in [4.69, 9.17) is 4.74 Å². The van der Waals surface area contributed by atoms with Crippen LogP contribution in [0.5, 0.6) is 0 Å². The van der Waals surface area contributed by atoms with E-state index in [1.54, 1.807) is 0 Å². The highest BCUT2D eigenvalue weighted by molar-refractivity contribution is 5.78. The summed E-state index contributed by atoms with van der Waals surface area (Å²) in [5, 5.41) is 9.28. The van der Waals surface area contributed by atoms with Crippen LogP contribution in [-0.4, -0.2) is 23.7 Å². The van der Waals surface area contributed by atoms with Crippen molar-refractivity contribution >= 4 is 11.9 Å². The van der Waals surface area contributed by atoms with E-state index in [-0.39, 0.29) is 12.4 Å². The van der Waals surface area contributed by atoms with Crippen LogP contribution in [0.2, 0.25) is 0 Å². The molecule has 0 aliphatic carbocycles. The lowest BCUT2D eigenvalue weighted by Gasteiger charge is -2.11. The van der Waals surface area contributed by atoms with Crippen LogP contribution in [0, 0.1) is 5.92 Å². The average Bonchev–Trinajstić information content (AvgIpc) is 2.75. The molecule has 0 rings (SSSR count). The third kappa shape index (κ3) is 21.7. The zero-order valence-corrected chi connectivity index (χ0v) is 20.5. The summed E-state index contributed by atoms with van der Waals surface area (Å²) in [5.74, 6) is -1.86. The van der Waals surface area contributed by atoms with Gasteiger partial charge in [0.05, 0.1) is 18.9 Å². The fourth-order valence-corrected chi connectivity index (χ4v) is 3.78. The largest absolute Gasteiger partial charge is 0.481 e. The number of hydrogen-bond acceptors (Lipinski definition) is 3. The Labute approximate surface area is 192 Å². The number of ether oxygens (including phenoxy) is 1. The number of aliphatic carboxylic acids is 1. The Balaban J connectivity index is 3.46. The summed E-state index contributed by atoms with van der Waals surface area (Å²) < 4.78 is 5.01. The van der Waals surface area contributed by atoms with Gasteiger partial charge in [0.2, 0.25) is 0 Å². The number of unbranched alkanes of at least 4 members (excludes halogenated alkanes) is 14. The molecule has 0 saturated heterocycles.